The fraction of sp³-hybridized carbons (Fsp3) is 0.417. The first kappa shape index (κ1) is 10.7. The van der Waals surface area contributed by atoms with Crippen LogP contribution in [-0.4, -0.2) is 10.2 Å². The Labute approximate surface area is 92.8 Å². The van der Waals surface area contributed by atoms with Crippen molar-refractivity contribution in [3.8, 4) is 17.6 Å². The van der Waals surface area contributed by atoms with Gasteiger partial charge in [0.25, 0.3) is 0 Å². The van der Waals surface area contributed by atoms with Gasteiger partial charge in [0.15, 0.2) is 11.5 Å². The third-order valence-electron chi connectivity index (χ3n) is 3.34. The van der Waals surface area contributed by atoms with E-state index in [-0.39, 0.29) is 0 Å². The smallest absolute Gasteiger partial charge is 0.206 e. The molecule has 0 heterocycles. The lowest BCUT2D eigenvalue weighted by Crippen LogP contribution is -2.32. The van der Waals surface area contributed by atoms with Gasteiger partial charge < -0.3 is 10.2 Å². The van der Waals surface area contributed by atoms with E-state index in [0.717, 1.165) is 6.42 Å². The van der Waals surface area contributed by atoms with Gasteiger partial charge in [-0.05, 0) is 37.8 Å². The Hall–Kier alpha value is -1.76. The average molecular weight is 221 g/mol. The first-order valence-corrected chi connectivity index (χ1v) is 5.14. The molecule has 0 saturated heterocycles. The summed E-state index contributed by atoms with van der Waals surface area (Å²) in [6, 6.07) is 3.63. The monoisotopic (exact) mass is 221 g/mol. The molecule has 1 saturated carbocycles. The predicted octanol–water partition coefficient (Wildman–Crippen LogP) is 2.49. The van der Waals surface area contributed by atoms with Crippen molar-refractivity contribution in [1.29, 1.82) is 5.26 Å². The summed E-state index contributed by atoms with van der Waals surface area (Å²) in [6.07, 6.45) is 2.15. The molecule has 84 valence electrons. The summed E-state index contributed by atoms with van der Waals surface area (Å²) in [4.78, 5) is 0. The van der Waals surface area contributed by atoms with Crippen molar-refractivity contribution in [1.82, 2.24) is 0 Å². The molecule has 0 amide bonds. The van der Waals surface area contributed by atoms with Gasteiger partial charge in [-0.1, -0.05) is 0 Å². The molecule has 0 atom stereocenters. The number of aryl methyl sites for hydroxylation is 1. The van der Waals surface area contributed by atoms with Crippen LogP contribution in [0.5, 0.6) is 11.5 Å². The van der Waals surface area contributed by atoms with Crippen molar-refractivity contribution in [3.63, 3.8) is 0 Å². The summed E-state index contributed by atoms with van der Waals surface area (Å²) in [6.45, 7) is 1.55. The number of benzene rings is 1. The van der Waals surface area contributed by atoms with Gasteiger partial charge in [0.05, 0.1) is 11.5 Å². The van der Waals surface area contributed by atoms with Crippen molar-refractivity contribution in [2.75, 3.05) is 0 Å². The Morgan fingerprint density at radius 2 is 2.00 bits per heavy atom. The van der Waals surface area contributed by atoms with Crippen LogP contribution in [0.2, 0.25) is 0 Å². The highest BCUT2D eigenvalue weighted by Gasteiger charge is 2.42. The van der Waals surface area contributed by atoms with Crippen molar-refractivity contribution in [3.05, 3.63) is 23.0 Å². The van der Waals surface area contributed by atoms with Gasteiger partial charge in [-0.2, -0.15) is 9.65 Å². The summed E-state index contributed by atoms with van der Waals surface area (Å²) in [5.41, 5.74) is -0.135. The molecule has 0 aromatic heterocycles. The van der Waals surface area contributed by atoms with Crippen molar-refractivity contribution in [2.45, 2.75) is 31.6 Å². The Morgan fingerprint density at radius 1 is 1.38 bits per heavy atom. The van der Waals surface area contributed by atoms with Gasteiger partial charge in [0.2, 0.25) is 5.82 Å². The van der Waals surface area contributed by atoms with E-state index >= 15 is 0 Å². The van der Waals surface area contributed by atoms with Gasteiger partial charge in [0, 0.05) is 5.56 Å². The van der Waals surface area contributed by atoms with E-state index in [1.807, 2.05) is 0 Å². The second-order valence-corrected chi connectivity index (χ2v) is 4.30. The van der Waals surface area contributed by atoms with Crippen LogP contribution in [0.25, 0.3) is 0 Å². The van der Waals surface area contributed by atoms with Crippen molar-refractivity contribution < 1.29 is 14.6 Å². The van der Waals surface area contributed by atoms with Crippen LogP contribution < -0.4 is 0 Å². The van der Waals surface area contributed by atoms with Crippen LogP contribution >= 0.6 is 0 Å². The lowest BCUT2D eigenvalue weighted by molar-refractivity contribution is 0.302. The van der Waals surface area contributed by atoms with Gasteiger partial charge in [-0.25, -0.2) is 0 Å². The molecule has 1 aliphatic carbocycles. The quantitative estimate of drug-likeness (QED) is 0.765. The topological polar surface area (TPSA) is 64.2 Å². The number of phenolic OH excluding ortho intramolecular Hbond substituents is 2. The number of halogens is 1. The van der Waals surface area contributed by atoms with Gasteiger partial charge >= 0.3 is 0 Å². The zero-order chi connectivity index (χ0) is 11.9. The average Bonchev–Trinajstić information content (AvgIpc) is 2.21. The zero-order valence-corrected chi connectivity index (χ0v) is 8.92. The number of nitrogens with zero attached hydrogens (tertiary/aromatic N) is 1. The standard InChI is InChI=1S/C12H12FNO2/c1-7-5-8(11(16)9(13)10(7)15)12(6-14)3-2-4-12/h5,15-16H,2-4H2,1H3. The van der Waals surface area contributed by atoms with Gasteiger partial charge in [-0.15, -0.1) is 0 Å². The number of hydrogen-bond acceptors (Lipinski definition) is 3. The largest absolute Gasteiger partial charge is 0.505 e. The van der Waals surface area contributed by atoms with Crippen LogP contribution in [0.3, 0.4) is 0 Å². The highest BCUT2D eigenvalue weighted by Crippen LogP contribution is 2.48. The fourth-order valence-electron chi connectivity index (χ4n) is 2.09. The van der Waals surface area contributed by atoms with E-state index in [4.69, 9.17) is 5.26 Å². The molecule has 0 spiro atoms. The summed E-state index contributed by atoms with van der Waals surface area (Å²) in [5, 5.41) is 28.1. The molecule has 1 aliphatic rings. The van der Waals surface area contributed by atoms with E-state index in [1.165, 1.54) is 6.07 Å². The molecule has 1 aromatic rings. The summed E-state index contributed by atoms with van der Waals surface area (Å²) < 4.78 is 13.5. The molecule has 1 aromatic carbocycles. The lowest BCUT2D eigenvalue weighted by atomic mass is 9.65. The number of aromatic hydroxyl groups is 2. The molecule has 2 N–H and O–H groups in total. The van der Waals surface area contributed by atoms with E-state index in [9.17, 15) is 14.6 Å². The second kappa shape index (κ2) is 3.38. The molecule has 0 unspecified atom stereocenters. The zero-order valence-electron chi connectivity index (χ0n) is 8.92. The SMILES string of the molecule is Cc1cc(C2(C#N)CCC2)c(O)c(F)c1O. The van der Waals surface area contributed by atoms with Crippen LogP contribution in [-0.2, 0) is 5.41 Å². The van der Waals surface area contributed by atoms with Gasteiger partial charge in [-0.3, -0.25) is 0 Å². The summed E-state index contributed by atoms with van der Waals surface area (Å²) in [5.74, 6) is -2.17. The minimum Gasteiger partial charge on any atom is -0.505 e. The molecule has 3 nitrogen and oxygen atoms in total. The first-order valence-electron chi connectivity index (χ1n) is 5.14. The third kappa shape index (κ3) is 1.25. The maximum Gasteiger partial charge on any atom is 0.206 e. The molecule has 0 bridgehead atoms. The number of hydrogen-bond donors (Lipinski definition) is 2. The Balaban J connectivity index is 2.63. The van der Waals surface area contributed by atoms with E-state index in [2.05, 4.69) is 6.07 Å². The first-order chi connectivity index (χ1) is 7.52. The maximum atomic E-state index is 13.5. The summed E-state index contributed by atoms with van der Waals surface area (Å²) in [7, 11) is 0. The van der Waals surface area contributed by atoms with Crippen LogP contribution in [0.4, 0.5) is 4.39 Å². The molecule has 16 heavy (non-hydrogen) atoms. The minimum atomic E-state index is -1.03. The van der Waals surface area contributed by atoms with E-state index in [0.29, 0.717) is 24.0 Å². The Kier molecular flexibility index (Phi) is 2.27. The molecule has 2 rings (SSSR count). The Bertz CT molecular complexity index is 487. The van der Waals surface area contributed by atoms with Crippen LogP contribution in [0.15, 0.2) is 6.07 Å². The molecule has 1 fully saturated rings. The summed E-state index contributed by atoms with van der Waals surface area (Å²) >= 11 is 0. The van der Waals surface area contributed by atoms with E-state index in [1.54, 1.807) is 6.92 Å². The fourth-order valence-corrected chi connectivity index (χ4v) is 2.09. The Morgan fingerprint density at radius 3 is 2.44 bits per heavy atom. The predicted molar refractivity (Wildman–Crippen MR) is 55.6 cm³/mol. The number of nitriles is 1. The molecule has 4 heteroatoms. The van der Waals surface area contributed by atoms with Crippen LogP contribution in [0, 0.1) is 24.1 Å². The van der Waals surface area contributed by atoms with Gasteiger partial charge in [0.1, 0.15) is 0 Å². The normalized spacial score (nSPS) is 17.6. The van der Waals surface area contributed by atoms with E-state index < -0.39 is 22.7 Å². The maximum absolute atomic E-state index is 13.5. The molecular formula is C12H12FNO2. The highest BCUT2D eigenvalue weighted by atomic mass is 19.1. The van der Waals surface area contributed by atoms with Crippen LogP contribution in [0.1, 0.15) is 30.4 Å². The number of phenols is 2. The number of rotatable bonds is 1. The third-order valence-corrected chi connectivity index (χ3v) is 3.34. The minimum absolute atomic E-state index is 0.300. The molecule has 0 aliphatic heterocycles. The van der Waals surface area contributed by atoms with Crippen molar-refractivity contribution in [2.24, 2.45) is 0 Å². The van der Waals surface area contributed by atoms with Crippen molar-refractivity contribution >= 4 is 0 Å². The molecule has 0 radical (unpaired) electrons. The highest BCUT2D eigenvalue weighted by molar-refractivity contribution is 5.52. The second-order valence-electron chi connectivity index (χ2n) is 4.30. The molecular weight excluding hydrogens is 209 g/mol. The lowest BCUT2D eigenvalue weighted by Gasteiger charge is -2.36.